The molecule has 5 heteroatoms. The molecule has 0 aliphatic rings. The summed E-state index contributed by atoms with van der Waals surface area (Å²) in [5.74, 6) is 0. The molecule has 0 saturated carbocycles. The summed E-state index contributed by atoms with van der Waals surface area (Å²) in [6.45, 7) is -4.25. The zero-order chi connectivity index (χ0) is 4.50. The van der Waals surface area contributed by atoms with E-state index in [4.69, 9.17) is 0 Å². The standard InChI is InChI=1S/CH3BF3.K/c1-2(3,4)5;/h1H3;/q-1;/p+1. The van der Waals surface area contributed by atoms with Crippen LogP contribution in [0.4, 0.5) is 12.9 Å². The van der Waals surface area contributed by atoms with Gasteiger partial charge in [0.2, 0.25) is 0 Å². The van der Waals surface area contributed by atoms with Gasteiger partial charge in [0.05, 0.1) is 0 Å². The van der Waals surface area contributed by atoms with Gasteiger partial charge in [-0.3, -0.25) is 0 Å². The summed E-state index contributed by atoms with van der Waals surface area (Å²) in [6.07, 6.45) is 0. The quantitative estimate of drug-likeness (QED) is 0.424. The summed E-state index contributed by atoms with van der Waals surface area (Å²) in [4.78, 5) is 0. The molecule has 0 spiro atoms. The van der Waals surface area contributed by atoms with E-state index in [1.165, 1.54) is 0 Å². The van der Waals surface area contributed by atoms with E-state index in [1.54, 1.807) is 0 Å². The molecule has 0 fully saturated rings. The van der Waals surface area contributed by atoms with Gasteiger partial charge in [0.25, 0.3) is 0 Å². The summed E-state index contributed by atoms with van der Waals surface area (Å²) in [6, 6.07) is 0. The molecule has 0 amide bonds. The molecule has 33 valence electrons. The molecule has 0 rings (SSSR count). The van der Waals surface area contributed by atoms with Crippen molar-refractivity contribution in [3.63, 3.8) is 0 Å². The predicted octanol–water partition coefficient (Wildman–Crippen LogP) is 1.20. The maximum Gasteiger partial charge on any atom is 1.00 e. The van der Waals surface area contributed by atoms with E-state index in [0.29, 0.717) is 0 Å². The minimum atomic E-state index is -4.50. The zero-order valence-corrected chi connectivity index (χ0v) is 6.83. The second-order valence-electron chi connectivity index (χ2n) is 0.902. The molecule has 0 aromatic carbocycles. The SMILES string of the molecule is C[B-](F)(F)F.[H+].[K]. The van der Waals surface area contributed by atoms with Crippen LogP contribution < -0.4 is 0 Å². The van der Waals surface area contributed by atoms with Crippen LogP contribution in [-0.2, 0) is 0 Å². The smallest absolute Gasteiger partial charge is 0.449 e. The Kier molecular flexibility index (Phi) is 6.09. The summed E-state index contributed by atoms with van der Waals surface area (Å²) in [5, 5.41) is 0. The van der Waals surface area contributed by atoms with E-state index in [9.17, 15) is 12.9 Å². The molecular formula is CH4BF3K. The monoisotopic (exact) mass is 123 g/mol. The van der Waals surface area contributed by atoms with Crippen LogP contribution in [0.5, 0.6) is 0 Å². The summed E-state index contributed by atoms with van der Waals surface area (Å²) in [7, 11) is 0. The Bertz CT molecular complexity index is 30.4. The first-order chi connectivity index (χ1) is 2.00. The Balaban J connectivity index is -0.0000000800. The van der Waals surface area contributed by atoms with Crippen LogP contribution in [-0.4, -0.2) is 58.4 Å². The van der Waals surface area contributed by atoms with Crippen LogP contribution in [0.15, 0.2) is 0 Å². The number of hydrogen-bond acceptors (Lipinski definition) is 0. The molecule has 0 aliphatic heterocycles. The van der Waals surface area contributed by atoms with Gasteiger partial charge in [-0.2, -0.15) is 0 Å². The molecule has 0 aromatic heterocycles. The minimum Gasteiger partial charge on any atom is -0.449 e. The average molecular weight is 123 g/mol. The Labute approximate surface area is 78.4 Å². The van der Waals surface area contributed by atoms with Crippen LogP contribution >= 0.6 is 0 Å². The molecule has 1 radical (unpaired) electrons. The van der Waals surface area contributed by atoms with Crippen molar-refractivity contribution in [2.24, 2.45) is 0 Å². The summed E-state index contributed by atoms with van der Waals surface area (Å²) >= 11 is 0. The molecule has 0 heterocycles. The third kappa shape index (κ3) is 49.8. The van der Waals surface area contributed by atoms with Crippen LogP contribution in [0.1, 0.15) is 1.43 Å². The number of halogens is 3. The fourth-order valence-corrected chi connectivity index (χ4v) is 0. The molecule has 0 bridgehead atoms. The van der Waals surface area contributed by atoms with Crippen molar-refractivity contribution in [2.45, 2.75) is 6.82 Å². The predicted molar refractivity (Wildman–Crippen MR) is 21.8 cm³/mol. The molecule has 0 aromatic rings. The maximum atomic E-state index is 10.4. The average Bonchev–Trinajstić information content (AvgIpc) is 0.722. The second kappa shape index (κ2) is 3.49. The topological polar surface area (TPSA) is 0 Å². The van der Waals surface area contributed by atoms with Gasteiger partial charge in [-0.05, 0) is 0 Å². The van der Waals surface area contributed by atoms with E-state index in [0.717, 1.165) is 0 Å². The Morgan fingerprint density at radius 3 is 1.33 bits per heavy atom. The van der Waals surface area contributed by atoms with Gasteiger partial charge in [-0.15, -0.1) is 0 Å². The first-order valence-corrected chi connectivity index (χ1v) is 1.23. The Morgan fingerprint density at radius 2 is 1.33 bits per heavy atom. The third-order valence-corrected chi connectivity index (χ3v) is 0. The molecule has 0 aliphatic carbocycles. The Hall–Kier alpha value is 1.49. The van der Waals surface area contributed by atoms with E-state index in [2.05, 4.69) is 0 Å². The molecule has 0 nitrogen and oxygen atoms in total. The van der Waals surface area contributed by atoms with Crippen molar-refractivity contribution in [1.29, 1.82) is 0 Å². The molecule has 0 atom stereocenters. The molecule has 0 N–H and O–H groups in total. The van der Waals surface area contributed by atoms with Crippen molar-refractivity contribution in [1.82, 2.24) is 0 Å². The van der Waals surface area contributed by atoms with Crippen LogP contribution in [0.2, 0.25) is 6.82 Å². The number of rotatable bonds is 0. The van der Waals surface area contributed by atoms with Crippen molar-refractivity contribution < 1.29 is 14.4 Å². The zero-order valence-electron chi connectivity index (χ0n) is 4.71. The fourth-order valence-electron chi connectivity index (χ4n) is 0. The third-order valence-electron chi connectivity index (χ3n) is 0. The van der Waals surface area contributed by atoms with Crippen molar-refractivity contribution >= 4 is 58.4 Å². The van der Waals surface area contributed by atoms with Crippen LogP contribution in [0.3, 0.4) is 0 Å². The summed E-state index contributed by atoms with van der Waals surface area (Å²) < 4.78 is 31.2. The van der Waals surface area contributed by atoms with Crippen molar-refractivity contribution in [2.75, 3.05) is 0 Å². The van der Waals surface area contributed by atoms with Gasteiger partial charge in [-0.25, -0.2) is 0 Å². The largest absolute Gasteiger partial charge is 1.00 e. The van der Waals surface area contributed by atoms with Crippen LogP contribution in [0.25, 0.3) is 0 Å². The van der Waals surface area contributed by atoms with Gasteiger partial charge in [0.15, 0.2) is 0 Å². The van der Waals surface area contributed by atoms with Crippen molar-refractivity contribution in [3.8, 4) is 0 Å². The van der Waals surface area contributed by atoms with Gasteiger partial charge >= 0.3 is 8.40 Å². The Morgan fingerprint density at radius 1 is 1.33 bits per heavy atom. The fraction of sp³-hybridized carbons (Fsp3) is 1.00. The minimum absolute atomic E-state index is 0. The van der Waals surface area contributed by atoms with E-state index < -0.39 is 6.98 Å². The van der Waals surface area contributed by atoms with Gasteiger partial charge in [0, 0.05) is 51.4 Å². The van der Waals surface area contributed by atoms with Gasteiger partial charge < -0.3 is 12.9 Å². The first-order valence-electron chi connectivity index (χ1n) is 1.23. The normalized spacial score (nSPS) is 10.0. The molecule has 0 unspecified atom stereocenters. The van der Waals surface area contributed by atoms with Crippen molar-refractivity contribution in [3.05, 3.63) is 0 Å². The molecular weight excluding hydrogens is 119 g/mol. The maximum absolute atomic E-state index is 10.4. The van der Waals surface area contributed by atoms with E-state index in [-0.39, 0.29) is 59.6 Å². The van der Waals surface area contributed by atoms with E-state index >= 15 is 0 Å². The first kappa shape index (κ1) is 10.5. The second-order valence-corrected chi connectivity index (χ2v) is 0.902. The van der Waals surface area contributed by atoms with Gasteiger partial charge in [0.1, 0.15) is 0 Å². The summed E-state index contributed by atoms with van der Waals surface area (Å²) in [5.41, 5.74) is 0. The van der Waals surface area contributed by atoms with Crippen LogP contribution in [0, 0.1) is 0 Å². The molecule has 0 saturated heterocycles. The number of hydrogen-bond donors (Lipinski definition) is 0. The van der Waals surface area contributed by atoms with Gasteiger partial charge in [-0.1, -0.05) is 6.82 Å². The van der Waals surface area contributed by atoms with E-state index in [1.807, 2.05) is 0 Å². The molecule has 6 heavy (non-hydrogen) atoms.